The molecule has 2 aromatic heterocycles. The summed E-state index contributed by atoms with van der Waals surface area (Å²) < 4.78 is 18.5. The van der Waals surface area contributed by atoms with E-state index in [1.54, 1.807) is 31.6 Å². The van der Waals surface area contributed by atoms with Crippen molar-refractivity contribution in [3.63, 3.8) is 0 Å². The third-order valence-corrected chi connectivity index (χ3v) is 6.53. The molecule has 3 heterocycles. The molecule has 170 valence electrons. The van der Waals surface area contributed by atoms with Crippen LogP contribution in [-0.2, 0) is 11.2 Å². The molecule has 3 aromatic rings. The summed E-state index contributed by atoms with van der Waals surface area (Å²) in [5, 5.41) is 10.8. The van der Waals surface area contributed by atoms with Crippen molar-refractivity contribution in [3.05, 3.63) is 68.1 Å². The van der Waals surface area contributed by atoms with Crippen molar-refractivity contribution >= 4 is 17.3 Å². The van der Waals surface area contributed by atoms with E-state index < -0.39 is 5.97 Å². The largest absolute Gasteiger partial charge is 0.493 e. The van der Waals surface area contributed by atoms with E-state index in [4.69, 9.17) is 19.5 Å². The molecule has 0 saturated carbocycles. The van der Waals surface area contributed by atoms with Crippen LogP contribution in [0.25, 0.3) is 11.3 Å². The molecule has 0 aliphatic carbocycles. The zero-order chi connectivity index (χ0) is 23.4. The lowest BCUT2D eigenvalue weighted by molar-refractivity contribution is 0.0523. The SMILES string of the molecule is CCOC(=O)c1cn2c(cc1=O)-c1cc(OC)c(OCCCC#N)cc1CC2c1cccs1. The van der Waals surface area contributed by atoms with Crippen molar-refractivity contribution < 1.29 is 19.0 Å². The van der Waals surface area contributed by atoms with E-state index in [2.05, 4.69) is 12.1 Å². The van der Waals surface area contributed by atoms with Gasteiger partial charge in [-0.3, -0.25) is 4.79 Å². The lowest BCUT2D eigenvalue weighted by Crippen LogP contribution is -2.26. The summed E-state index contributed by atoms with van der Waals surface area (Å²) in [5.41, 5.74) is 2.23. The summed E-state index contributed by atoms with van der Waals surface area (Å²) in [7, 11) is 1.57. The van der Waals surface area contributed by atoms with Crippen LogP contribution in [0.4, 0.5) is 0 Å². The van der Waals surface area contributed by atoms with Crippen LogP contribution in [0.3, 0.4) is 0 Å². The van der Waals surface area contributed by atoms with E-state index >= 15 is 0 Å². The average molecular weight is 465 g/mol. The predicted octanol–water partition coefficient (Wildman–Crippen LogP) is 4.59. The Bertz CT molecular complexity index is 1260. The van der Waals surface area contributed by atoms with Gasteiger partial charge in [0.2, 0.25) is 0 Å². The molecule has 7 nitrogen and oxygen atoms in total. The molecule has 0 bridgehead atoms. The molecule has 0 amide bonds. The standard InChI is InChI=1S/C25H24N2O5S/c1-3-31-25(29)18-15-27-19(14-21(18)28)17-13-22(30-2)23(32-9-5-4-8-26)12-16(17)11-20(27)24-7-6-10-33-24/h6-7,10,12-15,20H,3-5,9,11H2,1-2H3. The van der Waals surface area contributed by atoms with Crippen molar-refractivity contribution in [2.24, 2.45) is 0 Å². The Morgan fingerprint density at radius 1 is 1.30 bits per heavy atom. The maximum Gasteiger partial charge on any atom is 0.343 e. The number of hydrogen-bond acceptors (Lipinski definition) is 7. The van der Waals surface area contributed by atoms with Crippen LogP contribution in [0.2, 0.25) is 0 Å². The monoisotopic (exact) mass is 464 g/mol. The number of nitriles is 1. The Kier molecular flexibility index (Phi) is 6.80. The highest BCUT2D eigenvalue weighted by atomic mass is 32.1. The molecule has 0 fully saturated rings. The Balaban J connectivity index is 1.83. The normalized spacial score (nSPS) is 14.0. The van der Waals surface area contributed by atoms with Crippen LogP contribution in [0, 0.1) is 11.3 Å². The summed E-state index contributed by atoms with van der Waals surface area (Å²) in [5.74, 6) is 0.541. The number of methoxy groups -OCH3 is 1. The number of unbranched alkanes of at least 4 members (excludes halogenated alkanes) is 1. The first-order chi connectivity index (χ1) is 16.1. The molecule has 0 saturated heterocycles. The maximum atomic E-state index is 12.8. The second kappa shape index (κ2) is 9.92. The van der Waals surface area contributed by atoms with Gasteiger partial charge >= 0.3 is 5.97 Å². The molecule has 1 atom stereocenters. The number of carbonyl (C=O) groups excluding carboxylic acids is 1. The molecule has 4 rings (SSSR count). The highest BCUT2D eigenvalue weighted by molar-refractivity contribution is 7.10. The van der Waals surface area contributed by atoms with Crippen LogP contribution in [-0.4, -0.2) is 30.9 Å². The summed E-state index contributed by atoms with van der Waals surface area (Å²) in [6, 6.07) is 11.4. The minimum Gasteiger partial charge on any atom is -0.493 e. The molecule has 1 unspecified atom stereocenters. The quantitative estimate of drug-likeness (QED) is 0.358. The number of pyridine rings is 1. The molecular formula is C25H24N2O5S. The fourth-order valence-corrected chi connectivity index (χ4v) is 4.85. The van der Waals surface area contributed by atoms with Gasteiger partial charge in [0, 0.05) is 29.1 Å². The number of nitrogens with zero attached hydrogens (tertiary/aromatic N) is 2. The number of aromatic nitrogens is 1. The molecule has 0 spiro atoms. The van der Waals surface area contributed by atoms with Gasteiger partial charge in [0.25, 0.3) is 0 Å². The molecule has 33 heavy (non-hydrogen) atoms. The van der Waals surface area contributed by atoms with Gasteiger partial charge in [0.1, 0.15) is 5.56 Å². The highest BCUT2D eigenvalue weighted by Gasteiger charge is 2.29. The first-order valence-corrected chi connectivity index (χ1v) is 11.6. The molecule has 1 aliphatic rings. The van der Waals surface area contributed by atoms with E-state index in [1.165, 1.54) is 6.07 Å². The second-order valence-corrected chi connectivity index (χ2v) is 8.55. The van der Waals surface area contributed by atoms with Gasteiger partial charge < -0.3 is 18.8 Å². The van der Waals surface area contributed by atoms with Crippen molar-refractivity contribution in [3.8, 4) is 28.8 Å². The number of fused-ring (bicyclic) bond motifs is 3. The molecule has 0 N–H and O–H groups in total. The first kappa shape index (κ1) is 22.6. The highest BCUT2D eigenvalue weighted by Crippen LogP contribution is 2.43. The van der Waals surface area contributed by atoms with E-state index in [0.717, 1.165) is 16.0 Å². The summed E-state index contributed by atoms with van der Waals surface area (Å²) in [4.78, 5) is 26.4. The summed E-state index contributed by atoms with van der Waals surface area (Å²) in [6.07, 6.45) is 3.32. The van der Waals surface area contributed by atoms with E-state index in [0.29, 0.717) is 43.1 Å². The van der Waals surface area contributed by atoms with E-state index in [1.807, 2.05) is 28.1 Å². The number of ether oxygens (including phenoxy) is 3. The average Bonchev–Trinajstić information content (AvgIpc) is 3.35. The molecule has 1 aliphatic heterocycles. The zero-order valence-electron chi connectivity index (χ0n) is 18.5. The predicted molar refractivity (Wildman–Crippen MR) is 125 cm³/mol. The van der Waals surface area contributed by atoms with Crippen molar-refractivity contribution in [2.45, 2.75) is 32.2 Å². The van der Waals surface area contributed by atoms with E-state index in [9.17, 15) is 9.59 Å². The molecule has 1 aromatic carbocycles. The van der Waals surface area contributed by atoms with E-state index in [-0.39, 0.29) is 23.6 Å². The minimum atomic E-state index is -0.618. The number of carbonyl (C=O) groups is 1. The van der Waals surface area contributed by atoms with Gasteiger partial charge in [-0.05, 0) is 48.9 Å². The molecule has 8 heteroatoms. The number of benzene rings is 1. The number of esters is 1. The van der Waals surface area contributed by atoms with Crippen LogP contribution < -0.4 is 14.9 Å². The summed E-state index contributed by atoms with van der Waals surface area (Å²) >= 11 is 1.63. The lowest BCUT2D eigenvalue weighted by Gasteiger charge is -2.31. The third kappa shape index (κ3) is 4.50. The Labute approximate surface area is 195 Å². The fourth-order valence-electron chi connectivity index (χ4n) is 4.03. The van der Waals surface area contributed by atoms with Crippen molar-refractivity contribution in [1.82, 2.24) is 4.57 Å². The first-order valence-electron chi connectivity index (χ1n) is 10.7. The van der Waals surface area contributed by atoms with Gasteiger partial charge in [-0.1, -0.05) is 6.07 Å². The summed E-state index contributed by atoms with van der Waals surface area (Å²) in [6.45, 7) is 2.33. The molecule has 0 radical (unpaired) electrons. The fraction of sp³-hybridized carbons (Fsp3) is 0.320. The topological polar surface area (TPSA) is 90.6 Å². The van der Waals surface area contributed by atoms with Gasteiger partial charge in [-0.2, -0.15) is 5.26 Å². The van der Waals surface area contributed by atoms with Gasteiger partial charge in [0.05, 0.1) is 38.1 Å². The Hall–Kier alpha value is -3.57. The zero-order valence-corrected chi connectivity index (χ0v) is 19.3. The van der Waals surface area contributed by atoms with Crippen molar-refractivity contribution in [2.75, 3.05) is 20.3 Å². The molecular weight excluding hydrogens is 440 g/mol. The van der Waals surface area contributed by atoms with Crippen LogP contribution in [0.1, 0.15) is 46.6 Å². The van der Waals surface area contributed by atoms with Gasteiger partial charge in [-0.25, -0.2) is 4.79 Å². The number of thiophene rings is 1. The maximum absolute atomic E-state index is 12.8. The van der Waals surface area contributed by atoms with Crippen LogP contribution in [0.5, 0.6) is 11.5 Å². The Morgan fingerprint density at radius 2 is 2.15 bits per heavy atom. The van der Waals surface area contributed by atoms with Gasteiger partial charge in [0.15, 0.2) is 16.9 Å². The number of hydrogen-bond donors (Lipinski definition) is 0. The van der Waals surface area contributed by atoms with Gasteiger partial charge in [-0.15, -0.1) is 11.3 Å². The van der Waals surface area contributed by atoms with Crippen LogP contribution in [0.15, 0.2) is 46.7 Å². The Morgan fingerprint density at radius 3 is 2.85 bits per heavy atom. The third-order valence-electron chi connectivity index (χ3n) is 5.55. The number of rotatable bonds is 8. The lowest BCUT2D eigenvalue weighted by atomic mass is 9.91. The minimum absolute atomic E-state index is 0.0232. The van der Waals surface area contributed by atoms with Crippen molar-refractivity contribution in [1.29, 1.82) is 5.26 Å². The smallest absolute Gasteiger partial charge is 0.343 e. The van der Waals surface area contributed by atoms with Crippen LogP contribution >= 0.6 is 11.3 Å². The second-order valence-electron chi connectivity index (χ2n) is 7.57.